The van der Waals surface area contributed by atoms with Gasteiger partial charge in [0.1, 0.15) is 0 Å². The highest BCUT2D eigenvalue weighted by atomic mass is 32.2. The molecule has 0 aromatic rings. The second kappa shape index (κ2) is 2.24. The summed E-state index contributed by atoms with van der Waals surface area (Å²) < 4.78 is 21.3. The predicted octanol–water partition coefficient (Wildman–Crippen LogP) is -0.797. The molecule has 1 aliphatic heterocycles. The Morgan fingerprint density at radius 2 is 2.33 bits per heavy atom. The summed E-state index contributed by atoms with van der Waals surface area (Å²) in [6.07, 6.45) is 0.840. The van der Waals surface area contributed by atoms with E-state index in [1.165, 1.54) is 0 Å². The van der Waals surface area contributed by atoms with Crippen LogP contribution in [0.5, 0.6) is 0 Å². The van der Waals surface area contributed by atoms with Crippen LogP contribution < -0.4 is 10.3 Å². The zero-order valence-electron chi connectivity index (χ0n) is 5.22. The van der Waals surface area contributed by atoms with Gasteiger partial charge in [-0.2, -0.15) is 4.83 Å². The maximum absolute atomic E-state index is 10.6. The van der Waals surface area contributed by atoms with Crippen molar-refractivity contribution >= 4 is 10.0 Å². The summed E-state index contributed by atoms with van der Waals surface area (Å²) >= 11 is 0. The molecule has 0 bridgehead atoms. The molecule has 1 aliphatic rings. The molecule has 0 spiro atoms. The topological polar surface area (TPSA) is 58.2 Å². The summed E-state index contributed by atoms with van der Waals surface area (Å²) in [4.78, 5) is 2.22. The molecule has 1 heterocycles. The maximum Gasteiger partial charge on any atom is 0.225 e. The molecule has 1 rings (SSSR count). The second-order valence-corrected chi connectivity index (χ2v) is 3.90. The molecule has 5 heteroatoms. The Labute approximate surface area is 54.7 Å². The van der Waals surface area contributed by atoms with E-state index in [0.717, 1.165) is 6.42 Å². The highest BCUT2D eigenvalue weighted by molar-refractivity contribution is 7.89. The Bertz CT molecular complexity index is 187. The van der Waals surface area contributed by atoms with Crippen LogP contribution in [0, 0.1) is 0 Å². The zero-order valence-corrected chi connectivity index (χ0v) is 6.03. The van der Waals surface area contributed by atoms with Gasteiger partial charge in [0, 0.05) is 6.04 Å². The minimum Gasteiger partial charge on any atom is -0.240 e. The Kier molecular flexibility index (Phi) is 1.74. The predicted molar refractivity (Wildman–Crippen MR) is 34.1 cm³/mol. The van der Waals surface area contributed by atoms with Crippen molar-refractivity contribution in [3.63, 3.8) is 0 Å². The fourth-order valence-electron chi connectivity index (χ4n) is 0.741. The van der Waals surface area contributed by atoms with E-state index in [1.807, 2.05) is 6.92 Å². The molecule has 1 saturated heterocycles. The summed E-state index contributed by atoms with van der Waals surface area (Å²) in [5.41, 5.74) is 2.66. The molecular weight excluding hydrogens is 140 g/mol. The average molecular weight is 150 g/mol. The van der Waals surface area contributed by atoms with E-state index in [-0.39, 0.29) is 11.8 Å². The van der Waals surface area contributed by atoms with Crippen LogP contribution in [-0.4, -0.2) is 20.2 Å². The molecule has 9 heavy (non-hydrogen) atoms. The molecule has 1 unspecified atom stereocenters. The van der Waals surface area contributed by atoms with Crippen molar-refractivity contribution in [3.8, 4) is 0 Å². The number of hydrazine groups is 1. The van der Waals surface area contributed by atoms with Gasteiger partial charge in [-0.25, -0.2) is 13.8 Å². The largest absolute Gasteiger partial charge is 0.240 e. The van der Waals surface area contributed by atoms with Gasteiger partial charge in [-0.3, -0.25) is 0 Å². The number of nitrogens with one attached hydrogen (secondary N) is 2. The summed E-state index contributed by atoms with van der Waals surface area (Å²) in [7, 11) is -2.97. The Morgan fingerprint density at radius 3 is 2.56 bits per heavy atom. The van der Waals surface area contributed by atoms with Gasteiger partial charge in [0.05, 0.1) is 5.75 Å². The van der Waals surface area contributed by atoms with E-state index in [2.05, 4.69) is 10.3 Å². The van der Waals surface area contributed by atoms with Crippen LogP contribution in [0.15, 0.2) is 0 Å². The summed E-state index contributed by atoms with van der Waals surface area (Å²) in [5, 5.41) is 0. The van der Waals surface area contributed by atoms with Gasteiger partial charge in [-0.15, -0.1) is 0 Å². The van der Waals surface area contributed by atoms with E-state index in [1.54, 1.807) is 0 Å². The summed E-state index contributed by atoms with van der Waals surface area (Å²) in [6.45, 7) is 1.94. The third-order valence-electron chi connectivity index (χ3n) is 1.33. The van der Waals surface area contributed by atoms with Crippen molar-refractivity contribution < 1.29 is 8.42 Å². The monoisotopic (exact) mass is 150 g/mol. The van der Waals surface area contributed by atoms with Gasteiger partial charge in [0.25, 0.3) is 0 Å². The van der Waals surface area contributed by atoms with Crippen LogP contribution in [-0.2, 0) is 10.0 Å². The highest BCUT2D eigenvalue weighted by Crippen LogP contribution is 2.00. The SMILES string of the molecule is CCC1CS(=O)(=O)NN1. The molecule has 1 fully saturated rings. The van der Waals surface area contributed by atoms with E-state index in [0.29, 0.717) is 0 Å². The van der Waals surface area contributed by atoms with E-state index >= 15 is 0 Å². The second-order valence-electron chi connectivity index (χ2n) is 2.13. The van der Waals surface area contributed by atoms with Crippen molar-refractivity contribution in [1.29, 1.82) is 0 Å². The van der Waals surface area contributed by atoms with Crippen molar-refractivity contribution in [2.75, 3.05) is 5.75 Å². The van der Waals surface area contributed by atoms with Gasteiger partial charge in [0.2, 0.25) is 10.0 Å². The number of rotatable bonds is 1. The number of hydrogen-bond donors (Lipinski definition) is 2. The van der Waals surface area contributed by atoms with E-state index in [9.17, 15) is 8.42 Å². The lowest BCUT2D eigenvalue weighted by atomic mass is 10.3. The van der Waals surface area contributed by atoms with Gasteiger partial charge in [-0.05, 0) is 6.42 Å². The van der Waals surface area contributed by atoms with E-state index < -0.39 is 10.0 Å². The van der Waals surface area contributed by atoms with Crippen LogP contribution in [0.3, 0.4) is 0 Å². The van der Waals surface area contributed by atoms with Crippen molar-refractivity contribution in [3.05, 3.63) is 0 Å². The third-order valence-corrected chi connectivity index (χ3v) is 2.60. The molecule has 1 atom stereocenters. The molecule has 0 amide bonds. The molecule has 0 radical (unpaired) electrons. The molecular formula is C4H10N2O2S. The maximum atomic E-state index is 10.6. The molecule has 0 aliphatic carbocycles. The zero-order chi connectivity index (χ0) is 6.91. The minimum atomic E-state index is -2.97. The smallest absolute Gasteiger partial charge is 0.225 e. The third kappa shape index (κ3) is 1.64. The Morgan fingerprint density at radius 1 is 1.67 bits per heavy atom. The van der Waals surface area contributed by atoms with Crippen LogP contribution >= 0.6 is 0 Å². The van der Waals surface area contributed by atoms with Crippen LogP contribution in [0.2, 0.25) is 0 Å². The molecule has 2 N–H and O–H groups in total. The lowest BCUT2D eigenvalue weighted by Gasteiger charge is -1.98. The van der Waals surface area contributed by atoms with Gasteiger partial charge < -0.3 is 0 Å². The van der Waals surface area contributed by atoms with Crippen LogP contribution in [0.1, 0.15) is 13.3 Å². The molecule has 0 aromatic heterocycles. The first-order chi connectivity index (χ1) is 4.14. The number of hydrogen-bond acceptors (Lipinski definition) is 3. The van der Waals surface area contributed by atoms with Gasteiger partial charge in [0.15, 0.2) is 0 Å². The normalized spacial score (nSPS) is 32.8. The average Bonchev–Trinajstić information content (AvgIpc) is 2.10. The fourth-order valence-corrected chi connectivity index (χ4v) is 2.02. The summed E-state index contributed by atoms with van der Waals surface area (Å²) in [6, 6.07) is 0.0926. The molecule has 0 aromatic carbocycles. The van der Waals surface area contributed by atoms with Gasteiger partial charge >= 0.3 is 0 Å². The van der Waals surface area contributed by atoms with Gasteiger partial charge in [-0.1, -0.05) is 6.92 Å². The summed E-state index contributed by atoms with van der Waals surface area (Å²) in [5.74, 6) is 0.212. The van der Waals surface area contributed by atoms with Crippen molar-refractivity contribution in [2.45, 2.75) is 19.4 Å². The first-order valence-corrected chi connectivity index (χ1v) is 4.54. The Balaban J connectivity index is 2.58. The Hall–Kier alpha value is -0.130. The highest BCUT2D eigenvalue weighted by Gasteiger charge is 2.24. The number of sulfonamides is 1. The molecule has 4 nitrogen and oxygen atoms in total. The van der Waals surface area contributed by atoms with E-state index in [4.69, 9.17) is 0 Å². The molecule has 54 valence electrons. The first kappa shape index (κ1) is 6.98. The first-order valence-electron chi connectivity index (χ1n) is 2.89. The standard InChI is InChI=1S/C4H10N2O2S/c1-2-4-3-9(7,8)6-5-4/h4-6H,2-3H2,1H3. The minimum absolute atomic E-state index is 0.0926. The van der Waals surface area contributed by atoms with Crippen molar-refractivity contribution in [2.24, 2.45) is 0 Å². The van der Waals surface area contributed by atoms with Crippen LogP contribution in [0.4, 0.5) is 0 Å². The van der Waals surface area contributed by atoms with Crippen LogP contribution in [0.25, 0.3) is 0 Å². The lowest BCUT2D eigenvalue weighted by molar-refractivity contribution is 0.554. The molecule has 0 saturated carbocycles. The lowest BCUT2D eigenvalue weighted by Crippen LogP contribution is -2.30. The fraction of sp³-hybridized carbons (Fsp3) is 1.00. The quantitative estimate of drug-likeness (QED) is 0.514. The van der Waals surface area contributed by atoms with Crippen molar-refractivity contribution in [1.82, 2.24) is 10.3 Å².